The van der Waals surface area contributed by atoms with Crippen molar-refractivity contribution in [2.45, 2.75) is 27.2 Å². The van der Waals surface area contributed by atoms with Crippen LogP contribution in [0.5, 0.6) is 0 Å². The largest absolute Gasteiger partial charge is 0.328 e. The van der Waals surface area contributed by atoms with Gasteiger partial charge in [0.25, 0.3) is 5.56 Å². The topological polar surface area (TPSA) is 57.6 Å². The zero-order valence-electron chi connectivity index (χ0n) is 13.3. The summed E-state index contributed by atoms with van der Waals surface area (Å²) in [4.78, 5) is 23.4. The summed E-state index contributed by atoms with van der Waals surface area (Å²) in [7, 11) is 0. The molecule has 2 heterocycles. The maximum absolute atomic E-state index is 12.0. The molecule has 1 aromatic heterocycles. The van der Waals surface area contributed by atoms with E-state index in [1.807, 2.05) is 57.3 Å². The van der Waals surface area contributed by atoms with Gasteiger partial charge in [-0.2, -0.15) is 0 Å². The van der Waals surface area contributed by atoms with E-state index in [-0.39, 0.29) is 5.56 Å². The van der Waals surface area contributed by atoms with Gasteiger partial charge >= 0.3 is 0 Å². The molecule has 0 unspecified atom stereocenters. The van der Waals surface area contributed by atoms with Crippen LogP contribution in [0.25, 0.3) is 11.1 Å². The number of hydrogen-bond donors (Lipinski definition) is 1. The molecule has 22 heavy (non-hydrogen) atoms. The molecule has 0 saturated heterocycles. The molecule has 0 amide bonds. The minimum atomic E-state index is -0.0991. The Kier molecular flexibility index (Phi) is 5.42. The Morgan fingerprint density at radius 2 is 1.82 bits per heavy atom. The van der Waals surface area contributed by atoms with Crippen LogP contribution in [0.1, 0.15) is 31.4 Å². The van der Waals surface area contributed by atoms with Crippen LogP contribution < -0.4 is 5.56 Å². The fraction of sp³-hybridized carbons (Fsp3) is 0.278. The minimum absolute atomic E-state index is 0.0991. The van der Waals surface area contributed by atoms with Crippen LogP contribution in [-0.2, 0) is 0 Å². The average Bonchev–Trinajstić information content (AvgIpc) is 2.59. The number of aromatic amines is 1. The van der Waals surface area contributed by atoms with Crippen LogP contribution in [-0.4, -0.2) is 23.6 Å². The molecule has 4 heteroatoms. The first-order valence-electron chi connectivity index (χ1n) is 7.61. The fourth-order valence-corrected chi connectivity index (χ4v) is 2.15. The number of benzene rings is 1. The molecule has 0 aliphatic carbocycles. The lowest BCUT2D eigenvalue weighted by atomic mass is 10.0. The van der Waals surface area contributed by atoms with Gasteiger partial charge in [0, 0.05) is 36.5 Å². The predicted octanol–water partition coefficient (Wildman–Crippen LogP) is 3.60. The summed E-state index contributed by atoms with van der Waals surface area (Å²) in [6, 6.07) is 9.76. The number of pyridine rings is 1. The summed E-state index contributed by atoms with van der Waals surface area (Å²) in [5.74, 6) is 0.681. The molecule has 0 fully saturated rings. The molecule has 0 atom stereocenters. The second-order valence-corrected chi connectivity index (χ2v) is 4.80. The lowest BCUT2D eigenvalue weighted by molar-refractivity contribution is 1.03. The molecule has 3 rings (SSSR count). The van der Waals surface area contributed by atoms with Crippen LogP contribution in [0.4, 0.5) is 0 Å². The first-order chi connectivity index (χ1) is 10.7. The Balaban J connectivity index is 0.000000847. The fourth-order valence-electron chi connectivity index (χ4n) is 2.15. The van der Waals surface area contributed by atoms with Crippen molar-refractivity contribution in [3.05, 3.63) is 58.0 Å². The van der Waals surface area contributed by atoms with Gasteiger partial charge in [-0.25, -0.2) is 4.99 Å². The number of aliphatic imine (C=N–C) groups is 2. The van der Waals surface area contributed by atoms with E-state index in [0.717, 1.165) is 24.1 Å². The van der Waals surface area contributed by atoms with Gasteiger partial charge in [-0.1, -0.05) is 43.7 Å². The van der Waals surface area contributed by atoms with Gasteiger partial charge in [-0.15, -0.1) is 0 Å². The van der Waals surface area contributed by atoms with Gasteiger partial charge < -0.3 is 4.98 Å². The Bertz CT molecular complexity index is 740. The number of aryl methyl sites for hydroxylation is 1. The third-order valence-electron chi connectivity index (χ3n) is 3.26. The number of nitrogens with one attached hydrogen (secondary N) is 1. The van der Waals surface area contributed by atoms with Crippen molar-refractivity contribution >= 4 is 12.1 Å². The van der Waals surface area contributed by atoms with Gasteiger partial charge in [0.2, 0.25) is 0 Å². The molecule has 0 bridgehead atoms. The van der Waals surface area contributed by atoms with Gasteiger partial charge in [0.1, 0.15) is 0 Å². The maximum Gasteiger partial charge on any atom is 0.255 e. The van der Waals surface area contributed by atoms with E-state index in [1.54, 1.807) is 6.20 Å². The number of H-pyrrole nitrogens is 1. The van der Waals surface area contributed by atoms with Crippen LogP contribution in [0.2, 0.25) is 0 Å². The summed E-state index contributed by atoms with van der Waals surface area (Å²) < 4.78 is 0. The molecule has 1 aromatic carbocycles. The predicted molar refractivity (Wildman–Crippen MR) is 93.1 cm³/mol. The quantitative estimate of drug-likeness (QED) is 0.904. The number of rotatable bonds is 2. The van der Waals surface area contributed by atoms with Crippen molar-refractivity contribution in [1.82, 2.24) is 4.98 Å². The highest BCUT2D eigenvalue weighted by Gasteiger charge is 2.09. The molecule has 2 aromatic rings. The lowest BCUT2D eigenvalue weighted by Gasteiger charge is -2.07. The Labute approximate surface area is 130 Å². The van der Waals surface area contributed by atoms with Gasteiger partial charge in [0.05, 0.1) is 0 Å². The molecule has 4 nitrogen and oxygen atoms in total. The van der Waals surface area contributed by atoms with E-state index in [1.165, 1.54) is 5.56 Å². The first-order valence-corrected chi connectivity index (χ1v) is 7.61. The van der Waals surface area contributed by atoms with E-state index in [2.05, 4.69) is 15.0 Å². The highest BCUT2D eigenvalue weighted by Crippen LogP contribution is 2.17. The monoisotopic (exact) mass is 295 g/mol. The number of aromatic nitrogens is 1. The van der Waals surface area contributed by atoms with Gasteiger partial charge in [-0.3, -0.25) is 9.79 Å². The van der Waals surface area contributed by atoms with Crippen LogP contribution in [0.3, 0.4) is 0 Å². The van der Waals surface area contributed by atoms with E-state index < -0.39 is 0 Å². The third-order valence-corrected chi connectivity index (χ3v) is 3.26. The van der Waals surface area contributed by atoms with E-state index >= 15 is 0 Å². The van der Waals surface area contributed by atoms with Crippen molar-refractivity contribution in [1.29, 1.82) is 0 Å². The second-order valence-electron chi connectivity index (χ2n) is 4.80. The van der Waals surface area contributed by atoms with E-state index in [0.29, 0.717) is 11.4 Å². The Morgan fingerprint density at radius 3 is 2.45 bits per heavy atom. The SMILES string of the molecule is CC.Cc1ccc(-c2cc(C3=NCCC=N3)c[nH]c2=O)cc1. The second kappa shape index (κ2) is 7.50. The molecule has 1 aliphatic rings. The summed E-state index contributed by atoms with van der Waals surface area (Å²) in [6.07, 6.45) is 4.40. The zero-order chi connectivity index (χ0) is 15.9. The van der Waals surface area contributed by atoms with E-state index in [4.69, 9.17) is 0 Å². The van der Waals surface area contributed by atoms with Crippen molar-refractivity contribution < 1.29 is 0 Å². The molecule has 114 valence electrons. The first kappa shape index (κ1) is 15.9. The highest BCUT2D eigenvalue weighted by atomic mass is 16.1. The van der Waals surface area contributed by atoms with Crippen LogP contribution in [0.15, 0.2) is 51.3 Å². The maximum atomic E-state index is 12.0. The zero-order valence-corrected chi connectivity index (χ0v) is 13.3. The molecule has 0 saturated carbocycles. The molecular formula is C18H21N3O. The lowest BCUT2D eigenvalue weighted by Crippen LogP contribution is -2.12. The molecular weight excluding hydrogens is 274 g/mol. The number of amidine groups is 1. The molecule has 0 radical (unpaired) electrons. The molecule has 0 spiro atoms. The third kappa shape index (κ3) is 3.58. The normalized spacial score (nSPS) is 13.1. The van der Waals surface area contributed by atoms with Crippen LogP contribution >= 0.6 is 0 Å². The minimum Gasteiger partial charge on any atom is -0.328 e. The smallest absolute Gasteiger partial charge is 0.255 e. The van der Waals surface area contributed by atoms with Crippen molar-refractivity contribution in [3.8, 4) is 11.1 Å². The molecule has 1 aliphatic heterocycles. The van der Waals surface area contributed by atoms with Gasteiger partial charge in [-0.05, 0) is 18.6 Å². The van der Waals surface area contributed by atoms with Crippen LogP contribution in [0, 0.1) is 6.92 Å². The van der Waals surface area contributed by atoms with E-state index in [9.17, 15) is 4.79 Å². The number of hydrogen-bond acceptors (Lipinski definition) is 3. The Hall–Kier alpha value is -2.49. The highest BCUT2D eigenvalue weighted by molar-refractivity contribution is 6.04. The van der Waals surface area contributed by atoms with Crippen molar-refractivity contribution in [2.75, 3.05) is 6.54 Å². The Morgan fingerprint density at radius 1 is 1.09 bits per heavy atom. The van der Waals surface area contributed by atoms with Crippen molar-refractivity contribution in [2.24, 2.45) is 9.98 Å². The standard InChI is InChI=1S/C16H15N3O.C2H6/c1-11-3-5-12(6-4-11)14-9-13(10-19-16(14)20)15-17-7-2-8-18-15;1-2/h3-7,9-10H,2,8H2,1H3,(H,19,20);1-2H3. The summed E-state index contributed by atoms with van der Waals surface area (Å²) >= 11 is 0. The van der Waals surface area contributed by atoms with Crippen molar-refractivity contribution in [3.63, 3.8) is 0 Å². The summed E-state index contributed by atoms with van der Waals surface area (Å²) in [5.41, 5.74) is 3.46. The van der Waals surface area contributed by atoms with Gasteiger partial charge in [0.15, 0.2) is 5.84 Å². The summed E-state index contributed by atoms with van der Waals surface area (Å²) in [6.45, 7) is 6.77. The molecule has 1 N–H and O–H groups in total. The number of nitrogens with zero attached hydrogens (tertiary/aromatic N) is 2. The summed E-state index contributed by atoms with van der Waals surface area (Å²) in [5, 5.41) is 0. The average molecular weight is 295 g/mol.